The van der Waals surface area contributed by atoms with Crippen molar-refractivity contribution in [1.82, 2.24) is 0 Å². The van der Waals surface area contributed by atoms with Gasteiger partial charge in [-0.25, -0.2) is 0 Å². The van der Waals surface area contributed by atoms with Gasteiger partial charge >= 0.3 is 0 Å². The minimum Gasteiger partial charge on any atom is -0.0625 e. The molecule has 3 aliphatic rings. The van der Waals surface area contributed by atoms with Gasteiger partial charge in [-0.1, -0.05) is 71.6 Å². The van der Waals surface area contributed by atoms with E-state index < -0.39 is 0 Å². The van der Waals surface area contributed by atoms with E-state index in [0.717, 1.165) is 35.5 Å². The summed E-state index contributed by atoms with van der Waals surface area (Å²) in [6, 6.07) is 0. The van der Waals surface area contributed by atoms with Gasteiger partial charge in [0, 0.05) is 0 Å². The fraction of sp³-hybridized carbons (Fsp3) is 1.00. The number of fused-ring (bicyclic) bond motifs is 1. The van der Waals surface area contributed by atoms with Crippen LogP contribution in [0.25, 0.3) is 0 Å². The highest BCUT2D eigenvalue weighted by atomic mass is 14.4. The lowest BCUT2D eigenvalue weighted by molar-refractivity contribution is 0.138. The van der Waals surface area contributed by atoms with Crippen molar-refractivity contribution in [3.05, 3.63) is 0 Å². The molecule has 0 nitrogen and oxygen atoms in total. The molecule has 3 saturated carbocycles. The Balaban J connectivity index is 1.64. The zero-order valence-electron chi connectivity index (χ0n) is 13.9. The maximum absolute atomic E-state index is 2.59. The minimum atomic E-state index is 1.00. The van der Waals surface area contributed by atoms with Crippen LogP contribution < -0.4 is 0 Å². The molecular weight excluding hydrogens is 240 g/mol. The molecule has 6 unspecified atom stereocenters. The lowest BCUT2D eigenvalue weighted by atomic mass is 9.69. The van der Waals surface area contributed by atoms with E-state index in [4.69, 9.17) is 0 Å². The van der Waals surface area contributed by atoms with Crippen LogP contribution in [0.15, 0.2) is 0 Å². The Kier molecular flexibility index (Phi) is 5.10. The average Bonchev–Trinajstić information content (AvgIpc) is 2.87. The van der Waals surface area contributed by atoms with Gasteiger partial charge in [-0.15, -0.1) is 0 Å². The van der Waals surface area contributed by atoms with Gasteiger partial charge in [0.15, 0.2) is 0 Å². The van der Waals surface area contributed by atoms with Crippen LogP contribution in [0.3, 0.4) is 0 Å². The molecule has 0 spiro atoms. The van der Waals surface area contributed by atoms with E-state index in [1.165, 1.54) is 32.1 Å². The molecule has 0 heteroatoms. The van der Waals surface area contributed by atoms with E-state index >= 15 is 0 Å². The van der Waals surface area contributed by atoms with E-state index in [9.17, 15) is 0 Å². The molecule has 3 rings (SSSR count). The fourth-order valence-corrected chi connectivity index (χ4v) is 6.05. The summed E-state index contributed by atoms with van der Waals surface area (Å²) in [4.78, 5) is 0. The van der Waals surface area contributed by atoms with Crippen molar-refractivity contribution >= 4 is 0 Å². The third kappa shape index (κ3) is 3.42. The monoisotopic (exact) mass is 276 g/mol. The standard InChI is InChI=1S/C20H36/c1-15-6-3-11-19(14-15)20-13-12-18-10-5-9-17(18)8-4-7-16(20)2/h15-20H,3-14H2,1-2H3. The van der Waals surface area contributed by atoms with Gasteiger partial charge in [0.25, 0.3) is 0 Å². The highest BCUT2D eigenvalue weighted by Crippen LogP contribution is 2.45. The van der Waals surface area contributed by atoms with Gasteiger partial charge in [-0.3, -0.25) is 0 Å². The highest BCUT2D eigenvalue weighted by molar-refractivity contribution is 4.85. The van der Waals surface area contributed by atoms with Crippen molar-refractivity contribution in [2.45, 2.75) is 90.9 Å². The summed E-state index contributed by atoms with van der Waals surface area (Å²) in [7, 11) is 0. The summed E-state index contributed by atoms with van der Waals surface area (Å²) in [5.41, 5.74) is 0. The molecule has 0 aromatic heterocycles. The molecule has 0 aliphatic heterocycles. The zero-order chi connectivity index (χ0) is 13.9. The van der Waals surface area contributed by atoms with Gasteiger partial charge in [-0.05, 0) is 54.8 Å². The van der Waals surface area contributed by atoms with Gasteiger partial charge in [-0.2, -0.15) is 0 Å². The fourth-order valence-electron chi connectivity index (χ4n) is 6.05. The number of rotatable bonds is 1. The summed E-state index contributed by atoms with van der Waals surface area (Å²) in [6.07, 6.45) is 18.5. The molecule has 0 aromatic rings. The molecule has 3 fully saturated rings. The summed E-state index contributed by atoms with van der Waals surface area (Å²) in [5, 5.41) is 0. The normalized spacial score (nSPS) is 47.1. The van der Waals surface area contributed by atoms with Crippen LogP contribution in [-0.2, 0) is 0 Å². The molecular formula is C20H36. The summed E-state index contributed by atoms with van der Waals surface area (Å²) >= 11 is 0. The van der Waals surface area contributed by atoms with Crippen LogP contribution >= 0.6 is 0 Å². The molecule has 0 saturated heterocycles. The number of hydrogen-bond acceptors (Lipinski definition) is 0. The zero-order valence-corrected chi connectivity index (χ0v) is 13.9. The Hall–Kier alpha value is 0. The predicted molar refractivity (Wildman–Crippen MR) is 87.7 cm³/mol. The van der Waals surface area contributed by atoms with E-state index in [2.05, 4.69) is 13.8 Å². The van der Waals surface area contributed by atoms with Crippen molar-refractivity contribution in [2.24, 2.45) is 35.5 Å². The first-order valence-electron chi connectivity index (χ1n) is 9.74. The molecule has 0 amide bonds. The Bertz CT molecular complexity index is 294. The topological polar surface area (TPSA) is 0 Å². The molecule has 6 atom stereocenters. The Morgan fingerprint density at radius 1 is 0.550 bits per heavy atom. The first-order chi connectivity index (χ1) is 9.74. The quantitative estimate of drug-likeness (QED) is 0.516. The Morgan fingerprint density at radius 3 is 1.90 bits per heavy atom. The molecule has 0 aromatic carbocycles. The maximum Gasteiger partial charge on any atom is -0.0360 e. The van der Waals surface area contributed by atoms with Gasteiger partial charge < -0.3 is 0 Å². The van der Waals surface area contributed by atoms with Crippen LogP contribution in [-0.4, -0.2) is 0 Å². The molecule has 3 aliphatic carbocycles. The van der Waals surface area contributed by atoms with Crippen LogP contribution in [0, 0.1) is 35.5 Å². The second-order valence-electron chi connectivity index (χ2n) is 8.63. The largest absolute Gasteiger partial charge is 0.0625 e. The third-order valence-corrected chi connectivity index (χ3v) is 7.24. The van der Waals surface area contributed by atoms with Crippen molar-refractivity contribution in [1.29, 1.82) is 0 Å². The first kappa shape index (κ1) is 14.9. The SMILES string of the molecule is CC1CCCC(C2CCC3CCCC3CCCC2C)C1. The minimum absolute atomic E-state index is 1.00. The number of hydrogen-bond donors (Lipinski definition) is 0. The maximum atomic E-state index is 2.59. The molecule has 0 heterocycles. The molecule has 0 radical (unpaired) electrons. The van der Waals surface area contributed by atoms with Gasteiger partial charge in [0.2, 0.25) is 0 Å². The van der Waals surface area contributed by atoms with Crippen LogP contribution in [0.4, 0.5) is 0 Å². The van der Waals surface area contributed by atoms with Crippen molar-refractivity contribution in [2.75, 3.05) is 0 Å². The van der Waals surface area contributed by atoms with E-state index in [0.29, 0.717) is 0 Å². The van der Waals surface area contributed by atoms with Crippen LogP contribution in [0.2, 0.25) is 0 Å². The second-order valence-corrected chi connectivity index (χ2v) is 8.63. The van der Waals surface area contributed by atoms with Crippen molar-refractivity contribution < 1.29 is 0 Å². The second kappa shape index (κ2) is 6.84. The average molecular weight is 277 g/mol. The lowest BCUT2D eigenvalue weighted by Crippen LogP contribution is -2.27. The summed E-state index contributed by atoms with van der Waals surface area (Å²) in [5.74, 6) is 6.38. The van der Waals surface area contributed by atoms with E-state index in [1.54, 1.807) is 44.9 Å². The smallest absolute Gasteiger partial charge is 0.0360 e. The molecule has 20 heavy (non-hydrogen) atoms. The van der Waals surface area contributed by atoms with Crippen molar-refractivity contribution in [3.63, 3.8) is 0 Å². The first-order valence-corrected chi connectivity index (χ1v) is 9.74. The Morgan fingerprint density at radius 2 is 1.15 bits per heavy atom. The Labute approximate surface area is 127 Å². The third-order valence-electron chi connectivity index (χ3n) is 7.24. The molecule has 0 bridgehead atoms. The molecule has 116 valence electrons. The summed E-state index contributed by atoms with van der Waals surface area (Å²) in [6.45, 7) is 5.09. The highest BCUT2D eigenvalue weighted by Gasteiger charge is 2.34. The predicted octanol–water partition coefficient (Wildman–Crippen LogP) is 6.45. The summed E-state index contributed by atoms with van der Waals surface area (Å²) < 4.78 is 0. The van der Waals surface area contributed by atoms with Gasteiger partial charge in [0.1, 0.15) is 0 Å². The van der Waals surface area contributed by atoms with Crippen molar-refractivity contribution in [3.8, 4) is 0 Å². The van der Waals surface area contributed by atoms with Crippen LogP contribution in [0.1, 0.15) is 90.9 Å². The van der Waals surface area contributed by atoms with Crippen LogP contribution in [0.5, 0.6) is 0 Å². The van der Waals surface area contributed by atoms with Gasteiger partial charge in [0.05, 0.1) is 0 Å². The van der Waals surface area contributed by atoms with E-state index in [-0.39, 0.29) is 0 Å². The lowest BCUT2D eigenvalue weighted by Gasteiger charge is -2.37. The van der Waals surface area contributed by atoms with E-state index in [1.807, 2.05) is 0 Å². The molecule has 0 N–H and O–H groups in total.